The van der Waals surface area contributed by atoms with Crippen molar-refractivity contribution in [1.29, 1.82) is 0 Å². The minimum absolute atomic E-state index is 0.108. The molecule has 25 heavy (non-hydrogen) atoms. The molecule has 3 aromatic rings. The van der Waals surface area contributed by atoms with E-state index in [2.05, 4.69) is 0 Å². The number of carbonyl (C=O) groups excluding carboxylic acids is 1. The highest BCUT2D eigenvalue weighted by Crippen LogP contribution is 2.47. The van der Waals surface area contributed by atoms with Crippen molar-refractivity contribution in [3.05, 3.63) is 77.9 Å². The molecular formula is C22H18O3. The Balaban J connectivity index is 2.47. The van der Waals surface area contributed by atoms with Crippen LogP contribution in [0.3, 0.4) is 0 Å². The average molecular weight is 330 g/mol. The Hall–Kier alpha value is -3.33. The minimum atomic E-state index is -0.108. The highest BCUT2D eigenvalue weighted by molar-refractivity contribution is 6.03. The van der Waals surface area contributed by atoms with Gasteiger partial charge in [-0.1, -0.05) is 72.8 Å². The van der Waals surface area contributed by atoms with Crippen LogP contribution >= 0.6 is 0 Å². The largest absolute Gasteiger partial charge is 0.507 e. The quantitative estimate of drug-likeness (QED) is 0.640. The Bertz CT molecular complexity index is 860. The summed E-state index contributed by atoms with van der Waals surface area (Å²) in [6.45, 7) is 1.80. The molecule has 0 aliphatic carbocycles. The van der Waals surface area contributed by atoms with E-state index < -0.39 is 0 Å². The zero-order chi connectivity index (χ0) is 17.8. The molecule has 0 aliphatic rings. The highest BCUT2D eigenvalue weighted by Gasteiger charge is 2.23. The smallest absolute Gasteiger partial charge is 0.151 e. The summed E-state index contributed by atoms with van der Waals surface area (Å²) in [4.78, 5) is 11.9. The summed E-state index contributed by atoms with van der Waals surface area (Å²) in [5.41, 5.74) is 2.82. The lowest BCUT2D eigenvalue weighted by molar-refractivity contribution is 0.112. The van der Waals surface area contributed by atoms with Gasteiger partial charge in [0.05, 0.1) is 5.56 Å². The Kier molecular flexibility index (Phi) is 4.66. The first-order chi connectivity index (χ1) is 12.2. The SMILES string of the molecule is CC=Cc1c(O)c(-c2ccccc2)c(C=O)c(-c2ccccc2)c1O. The minimum Gasteiger partial charge on any atom is -0.507 e. The summed E-state index contributed by atoms with van der Waals surface area (Å²) >= 11 is 0. The van der Waals surface area contributed by atoms with E-state index in [1.807, 2.05) is 60.7 Å². The predicted octanol–water partition coefficient (Wildman–Crippen LogP) is 5.28. The van der Waals surface area contributed by atoms with Crippen LogP contribution in [0.4, 0.5) is 0 Å². The molecule has 3 rings (SSSR count). The van der Waals surface area contributed by atoms with Crippen LogP contribution in [0.25, 0.3) is 28.3 Å². The average Bonchev–Trinajstić information content (AvgIpc) is 2.66. The second kappa shape index (κ2) is 7.05. The molecule has 0 amide bonds. The van der Waals surface area contributed by atoms with E-state index in [0.717, 1.165) is 0 Å². The van der Waals surface area contributed by atoms with Gasteiger partial charge in [0.25, 0.3) is 0 Å². The van der Waals surface area contributed by atoms with E-state index >= 15 is 0 Å². The number of hydrogen-bond acceptors (Lipinski definition) is 3. The van der Waals surface area contributed by atoms with Gasteiger partial charge < -0.3 is 10.2 Å². The van der Waals surface area contributed by atoms with Crippen LogP contribution < -0.4 is 0 Å². The molecule has 0 aromatic heterocycles. The van der Waals surface area contributed by atoms with Crippen LogP contribution in [0.2, 0.25) is 0 Å². The van der Waals surface area contributed by atoms with Gasteiger partial charge in [-0.25, -0.2) is 0 Å². The van der Waals surface area contributed by atoms with Gasteiger partial charge in [0, 0.05) is 16.7 Å². The Morgan fingerprint density at radius 2 is 1.16 bits per heavy atom. The van der Waals surface area contributed by atoms with Gasteiger partial charge in [-0.3, -0.25) is 4.79 Å². The molecule has 3 heteroatoms. The second-order valence-corrected chi connectivity index (χ2v) is 5.62. The topological polar surface area (TPSA) is 57.5 Å². The number of carbonyl (C=O) groups is 1. The van der Waals surface area contributed by atoms with E-state index in [0.29, 0.717) is 34.1 Å². The molecule has 0 spiro atoms. The predicted molar refractivity (Wildman–Crippen MR) is 101 cm³/mol. The summed E-state index contributed by atoms with van der Waals surface area (Å²) < 4.78 is 0. The van der Waals surface area contributed by atoms with Crippen molar-refractivity contribution in [2.75, 3.05) is 0 Å². The lowest BCUT2D eigenvalue weighted by atomic mass is 9.88. The van der Waals surface area contributed by atoms with Crippen LogP contribution in [-0.2, 0) is 0 Å². The fourth-order valence-electron chi connectivity index (χ4n) is 3.00. The lowest BCUT2D eigenvalue weighted by Gasteiger charge is -2.18. The molecule has 3 aromatic carbocycles. The van der Waals surface area contributed by atoms with Crippen LogP contribution in [0.15, 0.2) is 66.7 Å². The van der Waals surface area contributed by atoms with Crippen LogP contribution in [0.5, 0.6) is 11.5 Å². The van der Waals surface area contributed by atoms with E-state index in [1.165, 1.54) is 0 Å². The zero-order valence-corrected chi connectivity index (χ0v) is 13.8. The number of benzene rings is 3. The van der Waals surface area contributed by atoms with Crippen molar-refractivity contribution < 1.29 is 15.0 Å². The van der Waals surface area contributed by atoms with Crippen molar-refractivity contribution in [3.63, 3.8) is 0 Å². The number of rotatable bonds is 4. The van der Waals surface area contributed by atoms with Crippen LogP contribution in [-0.4, -0.2) is 16.5 Å². The van der Waals surface area contributed by atoms with E-state index in [-0.39, 0.29) is 17.1 Å². The molecule has 0 heterocycles. The first-order valence-corrected chi connectivity index (χ1v) is 7.99. The van der Waals surface area contributed by atoms with Gasteiger partial charge in [-0.05, 0) is 18.1 Å². The fourth-order valence-corrected chi connectivity index (χ4v) is 3.00. The molecular weight excluding hydrogens is 312 g/mol. The molecule has 0 fully saturated rings. The number of aromatic hydroxyl groups is 2. The maximum Gasteiger partial charge on any atom is 0.151 e. The molecule has 3 nitrogen and oxygen atoms in total. The van der Waals surface area contributed by atoms with Gasteiger partial charge in [0.1, 0.15) is 11.5 Å². The number of aldehydes is 1. The zero-order valence-electron chi connectivity index (χ0n) is 13.8. The van der Waals surface area contributed by atoms with Gasteiger partial charge in [0.15, 0.2) is 6.29 Å². The second-order valence-electron chi connectivity index (χ2n) is 5.62. The highest BCUT2D eigenvalue weighted by atomic mass is 16.3. The third-order valence-corrected chi connectivity index (χ3v) is 4.10. The molecule has 0 aliphatic heterocycles. The van der Waals surface area contributed by atoms with E-state index in [9.17, 15) is 15.0 Å². The molecule has 0 atom stereocenters. The van der Waals surface area contributed by atoms with Gasteiger partial charge in [-0.15, -0.1) is 0 Å². The van der Waals surface area contributed by atoms with Crippen molar-refractivity contribution in [3.8, 4) is 33.8 Å². The van der Waals surface area contributed by atoms with Gasteiger partial charge in [0.2, 0.25) is 0 Å². The van der Waals surface area contributed by atoms with E-state index in [1.54, 1.807) is 19.1 Å². The van der Waals surface area contributed by atoms with Crippen molar-refractivity contribution >= 4 is 12.4 Å². The standard InChI is InChI=1S/C22H18O3/c1-2-9-17-21(24)19(15-10-5-3-6-11-15)18(14-23)20(22(17)25)16-12-7-4-8-13-16/h2-14,24-25H,1H3. The monoisotopic (exact) mass is 330 g/mol. The van der Waals surface area contributed by atoms with Crippen LogP contribution in [0, 0.1) is 0 Å². The van der Waals surface area contributed by atoms with Crippen LogP contribution in [0.1, 0.15) is 22.8 Å². The summed E-state index contributed by atoms with van der Waals surface area (Å²) in [7, 11) is 0. The fraction of sp³-hybridized carbons (Fsp3) is 0.0455. The molecule has 2 N–H and O–H groups in total. The Morgan fingerprint density at radius 3 is 1.52 bits per heavy atom. The van der Waals surface area contributed by atoms with Crippen molar-refractivity contribution in [2.45, 2.75) is 6.92 Å². The first kappa shape index (κ1) is 16.5. The summed E-state index contributed by atoms with van der Waals surface area (Å²) in [5, 5.41) is 21.5. The Labute approximate surface area is 146 Å². The third-order valence-electron chi connectivity index (χ3n) is 4.10. The summed E-state index contributed by atoms with van der Waals surface area (Å²) in [6.07, 6.45) is 4.06. The summed E-state index contributed by atoms with van der Waals surface area (Å²) in [5.74, 6) is -0.216. The molecule has 0 unspecified atom stereocenters. The van der Waals surface area contributed by atoms with Crippen molar-refractivity contribution in [2.24, 2.45) is 0 Å². The molecule has 0 saturated carbocycles. The van der Waals surface area contributed by atoms with Gasteiger partial charge >= 0.3 is 0 Å². The van der Waals surface area contributed by atoms with Gasteiger partial charge in [-0.2, -0.15) is 0 Å². The summed E-state index contributed by atoms with van der Waals surface area (Å²) in [6, 6.07) is 18.4. The Morgan fingerprint density at radius 1 is 0.720 bits per heavy atom. The lowest BCUT2D eigenvalue weighted by Crippen LogP contribution is -1.97. The normalized spacial score (nSPS) is 10.9. The first-order valence-electron chi connectivity index (χ1n) is 7.99. The third kappa shape index (κ3) is 2.92. The van der Waals surface area contributed by atoms with E-state index in [4.69, 9.17) is 0 Å². The molecule has 0 radical (unpaired) electrons. The number of phenols is 2. The molecule has 0 saturated heterocycles. The number of phenolic OH excluding ortho intramolecular Hbond substituents is 2. The number of hydrogen-bond donors (Lipinski definition) is 2. The maximum atomic E-state index is 11.9. The maximum absolute atomic E-state index is 11.9. The van der Waals surface area contributed by atoms with Crippen molar-refractivity contribution in [1.82, 2.24) is 0 Å². The number of allylic oxidation sites excluding steroid dienone is 1. The molecule has 124 valence electrons. The molecule has 0 bridgehead atoms.